The zero-order chi connectivity index (χ0) is 11.6. The number of carboxylic acid groups (broad SMARTS) is 1. The van der Waals surface area contributed by atoms with Gasteiger partial charge in [-0.1, -0.05) is 6.92 Å². The van der Waals surface area contributed by atoms with Crippen LogP contribution in [0.2, 0.25) is 0 Å². The normalized spacial score (nSPS) is 25.5. The van der Waals surface area contributed by atoms with Crippen LogP contribution in [0.5, 0.6) is 0 Å². The fourth-order valence-electron chi connectivity index (χ4n) is 1.14. The van der Waals surface area contributed by atoms with Gasteiger partial charge in [-0.25, -0.2) is 0 Å². The Morgan fingerprint density at radius 2 is 2.13 bits per heavy atom. The van der Waals surface area contributed by atoms with Crippen molar-refractivity contribution >= 4 is 16.2 Å². The molecule has 1 aliphatic rings. The van der Waals surface area contributed by atoms with Gasteiger partial charge in [-0.3, -0.25) is 4.79 Å². The summed E-state index contributed by atoms with van der Waals surface area (Å²) in [6.07, 6.45) is 0.670. The molecule has 1 saturated carbocycles. The Bertz CT molecular complexity index is 341. The molecule has 1 fully saturated rings. The molecule has 88 valence electrons. The second kappa shape index (κ2) is 4.46. The Kier molecular flexibility index (Phi) is 3.69. The summed E-state index contributed by atoms with van der Waals surface area (Å²) >= 11 is 0. The molecule has 0 heterocycles. The number of nitrogens with one attached hydrogen (secondary N) is 1. The minimum absolute atomic E-state index is 0.00817. The van der Waals surface area contributed by atoms with Crippen molar-refractivity contribution in [3.05, 3.63) is 0 Å². The van der Waals surface area contributed by atoms with Crippen molar-refractivity contribution in [3.63, 3.8) is 0 Å². The van der Waals surface area contributed by atoms with Crippen molar-refractivity contribution in [1.82, 2.24) is 9.03 Å². The molecule has 0 aromatic carbocycles. The number of aliphatic carboxylic acids is 1. The average Bonchev–Trinajstić information content (AvgIpc) is 2.76. The minimum atomic E-state index is -3.51. The topological polar surface area (TPSA) is 86.7 Å². The van der Waals surface area contributed by atoms with Crippen LogP contribution >= 0.6 is 0 Å². The molecule has 15 heavy (non-hydrogen) atoms. The quantitative estimate of drug-likeness (QED) is 0.659. The van der Waals surface area contributed by atoms with Gasteiger partial charge in [0.25, 0.3) is 10.2 Å². The van der Waals surface area contributed by atoms with Gasteiger partial charge in [0.15, 0.2) is 0 Å². The van der Waals surface area contributed by atoms with E-state index >= 15 is 0 Å². The molecule has 0 bridgehead atoms. The first-order valence-electron chi connectivity index (χ1n) is 4.78. The third kappa shape index (κ3) is 3.77. The Labute approximate surface area is 89.4 Å². The molecule has 1 rings (SSSR count). The van der Waals surface area contributed by atoms with E-state index in [0.717, 1.165) is 10.7 Å². The molecule has 0 saturated heterocycles. The van der Waals surface area contributed by atoms with Crippen molar-refractivity contribution < 1.29 is 18.3 Å². The van der Waals surface area contributed by atoms with Crippen molar-refractivity contribution in [2.75, 3.05) is 13.6 Å². The van der Waals surface area contributed by atoms with Crippen molar-refractivity contribution in [1.29, 1.82) is 0 Å². The van der Waals surface area contributed by atoms with Crippen LogP contribution in [0, 0.1) is 5.92 Å². The SMILES string of the molecule is CC1CC1NS(=O)(=O)N(C)CCC(=O)O. The van der Waals surface area contributed by atoms with Gasteiger partial charge in [-0.2, -0.15) is 17.4 Å². The predicted molar refractivity (Wildman–Crippen MR) is 54.5 cm³/mol. The van der Waals surface area contributed by atoms with Gasteiger partial charge in [0.1, 0.15) is 0 Å². The van der Waals surface area contributed by atoms with Gasteiger partial charge in [0.05, 0.1) is 6.42 Å². The van der Waals surface area contributed by atoms with Crippen molar-refractivity contribution in [2.45, 2.75) is 25.8 Å². The first kappa shape index (κ1) is 12.4. The summed E-state index contributed by atoms with van der Waals surface area (Å²) in [5.74, 6) is -0.621. The smallest absolute Gasteiger partial charge is 0.304 e. The summed E-state index contributed by atoms with van der Waals surface area (Å²) < 4.78 is 26.7. The highest BCUT2D eigenvalue weighted by Crippen LogP contribution is 2.29. The lowest BCUT2D eigenvalue weighted by atomic mass is 10.4. The molecule has 0 amide bonds. The highest BCUT2D eigenvalue weighted by Gasteiger charge is 2.37. The molecule has 0 aromatic rings. The second-order valence-corrected chi connectivity index (χ2v) is 5.72. The molecular formula is C8H16N2O4S. The van der Waals surface area contributed by atoms with E-state index in [2.05, 4.69) is 4.72 Å². The van der Waals surface area contributed by atoms with E-state index in [-0.39, 0.29) is 19.0 Å². The molecule has 0 aromatic heterocycles. The number of hydrogen-bond donors (Lipinski definition) is 2. The summed E-state index contributed by atoms with van der Waals surface area (Å²) in [6, 6.07) is 0.0160. The Hall–Kier alpha value is -0.660. The monoisotopic (exact) mass is 236 g/mol. The summed E-state index contributed by atoms with van der Waals surface area (Å²) in [5.41, 5.74) is 0. The van der Waals surface area contributed by atoms with Gasteiger partial charge in [-0.15, -0.1) is 0 Å². The molecule has 2 N–H and O–H groups in total. The number of hydrogen-bond acceptors (Lipinski definition) is 3. The highest BCUT2D eigenvalue weighted by atomic mass is 32.2. The molecule has 2 atom stereocenters. The van der Waals surface area contributed by atoms with Gasteiger partial charge in [-0.05, 0) is 12.3 Å². The van der Waals surface area contributed by atoms with Crippen LogP contribution in [0.3, 0.4) is 0 Å². The van der Waals surface area contributed by atoms with Crippen LogP contribution < -0.4 is 4.72 Å². The summed E-state index contributed by atoms with van der Waals surface area (Å²) in [7, 11) is -2.13. The lowest BCUT2D eigenvalue weighted by Gasteiger charge is -2.16. The zero-order valence-corrected chi connectivity index (χ0v) is 9.62. The lowest BCUT2D eigenvalue weighted by Crippen LogP contribution is -2.40. The van der Waals surface area contributed by atoms with Crippen LogP contribution in [0.15, 0.2) is 0 Å². The fourth-order valence-corrected chi connectivity index (χ4v) is 2.36. The van der Waals surface area contributed by atoms with E-state index in [9.17, 15) is 13.2 Å². The summed E-state index contributed by atoms with van der Waals surface area (Å²) in [6.45, 7) is 1.95. The molecule has 2 unspecified atom stereocenters. The van der Waals surface area contributed by atoms with Crippen LogP contribution in [-0.2, 0) is 15.0 Å². The van der Waals surface area contributed by atoms with E-state index in [0.29, 0.717) is 5.92 Å². The third-order valence-electron chi connectivity index (χ3n) is 2.46. The number of carbonyl (C=O) groups is 1. The average molecular weight is 236 g/mol. The van der Waals surface area contributed by atoms with E-state index in [4.69, 9.17) is 5.11 Å². The second-order valence-electron chi connectivity index (χ2n) is 3.91. The molecular weight excluding hydrogens is 220 g/mol. The predicted octanol–water partition coefficient (Wildman–Crippen LogP) is -0.364. The standard InChI is InChI=1S/C8H16N2O4S/c1-6-5-7(6)9-15(13,14)10(2)4-3-8(11)12/h6-7,9H,3-5H2,1-2H3,(H,11,12). The maximum Gasteiger partial charge on any atom is 0.304 e. The van der Waals surface area contributed by atoms with Gasteiger partial charge < -0.3 is 5.11 Å². The van der Waals surface area contributed by atoms with Gasteiger partial charge in [0, 0.05) is 19.6 Å². The number of nitrogens with zero attached hydrogens (tertiary/aromatic N) is 1. The third-order valence-corrected chi connectivity index (χ3v) is 4.06. The van der Waals surface area contributed by atoms with Gasteiger partial charge >= 0.3 is 5.97 Å². The van der Waals surface area contributed by atoms with Crippen molar-refractivity contribution in [3.8, 4) is 0 Å². The van der Waals surface area contributed by atoms with Crippen LogP contribution in [0.4, 0.5) is 0 Å². The first-order valence-corrected chi connectivity index (χ1v) is 6.22. The molecule has 0 aliphatic heterocycles. The first-order chi connectivity index (χ1) is 6.83. The molecule has 1 aliphatic carbocycles. The van der Waals surface area contributed by atoms with Gasteiger partial charge in [0.2, 0.25) is 0 Å². The Morgan fingerprint density at radius 1 is 1.60 bits per heavy atom. The Balaban J connectivity index is 2.42. The minimum Gasteiger partial charge on any atom is -0.481 e. The zero-order valence-electron chi connectivity index (χ0n) is 8.80. The van der Waals surface area contributed by atoms with Crippen LogP contribution in [0.1, 0.15) is 19.8 Å². The number of carboxylic acids is 1. The van der Waals surface area contributed by atoms with Crippen LogP contribution in [-0.4, -0.2) is 43.4 Å². The summed E-state index contributed by atoms with van der Waals surface area (Å²) in [4.78, 5) is 10.3. The molecule has 0 spiro atoms. The fraction of sp³-hybridized carbons (Fsp3) is 0.875. The molecule has 7 heteroatoms. The van der Waals surface area contributed by atoms with E-state index in [1.54, 1.807) is 0 Å². The van der Waals surface area contributed by atoms with E-state index < -0.39 is 16.2 Å². The van der Waals surface area contributed by atoms with Crippen molar-refractivity contribution in [2.24, 2.45) is 5.92 Å². The van der Waals surface area contributed by atoms with E-state index in [1.165, 1.54) is 7.05 Å². The lowest BCUT2D eigenvalue weighted by molar-refractivity contribution is -0.137. The Morgan fingerprint density at radius 3 is 2.53 bits per heavy atom. The molecule has 6 nitrogen and oxygen atoms in total. The summed E-state index contributed by atoms with van der Waals surface area (Å²) in [5, 5.41) is 8.42. The number of rotatable bonds is 6. The highest BCUT2D eigenvalue weighted by molar-refractivity contribution is 7.87. The molecule has 0 radical (unpaired) electrons. The maximum absolute atomic E-state index is 11.6. The van der Waals surface area contributed by atoms with E-state index in [1.807, 2.05) is 6.92 Å². The maximum atomic E-state index is 11.6. The van der Waals surface area contributed by atoms with Crippen LogP contribution in [0.25, 0.3) is 0 Å². The largest absolute Gasteiger partial charge is 0.481 e.